The van der Waals surface area contributed by atoms with Crippen molar-refractivity contribution in [1.29, 1.82) is 0 Å². The summed E-state index contributed by atoms with van der Waals surface area (Å²) in [5.74, 6) is -0.295. The molecule has 1 aromatic carbocycles. The average Bonchev–Trinajstić information content (AvgIpc) is 3.50. The minimum absolute atomic E-state index is 0.00798. The minimum atomic E-state index is -0.505. The molecule has 1 N–H and O–H groups in total. The monoisotopic (exact) mass is 347 g/mol. The predicted octanol–water partition coefficient (Wildman–Crippen LogP) is 3.63. The molecule has 0 atom stereocenters. The Kier molecular flexibility index (Phi) is 4.21. The fourth-order valence-electron chi connectivity index (χ4n) is 3.16. The van der Waals surface area contributed by atoms with Gasteiger partial charge in [-0.1, -0.05) is 12.1 Å². The van der Waals surface area contributed by atoms with Crippen molar-refractivity contribution in [2.45, 2.75) is 24.8 Å². The van der Waals surface area contributed by atoms with Crippen LogP contribution in [0.3, 0.4) is 0 Å². The second-order valence-corrected chi connectivity index (χ2v) is 6.56. The fourth-order valence-corrected chi connectivity index (χ4v) is 3.16. The van der Waals surface area contributed by atoms with E-state index in [0.29, 0.717) is 6.54 Å². The van der Waals surface area contributed by atoms with Crippen LogP contribution in [0.5, 0.6) is 0 Å². The first-order chi connectivity index (χ1) is 12.7. The Bertz CT molecular complexity index is 922. The van der Waals surface area contributed by atoms with Gasteiger partial charge in [-0.2, -0.15) is 0 Å². The van der Waals surface area contributed by atoms with Crippen molar-refractivity contribution in [3.63, 3.8) is 0 Å². The molecule has 4 nitrogen and oxygen atoms in total. The van der Waals surface area contributed by atoms with E-state index in [1.807, 2.05) is 24.3 Å². The van der Waals surface area contributed by atoms with E-state index in [1.165, 1.54) is 12.1 Å². The largest absolute Gasteiger partial charge is 0.351 e. The lowest BCUT2D eigenvalue weighted by atomic mass is 9.95. The standard InChI is InChI=1S/C21H18FN3O/c22-18-3-1-17(2-4-18)21(8-9-21)20(26)25-14-15-5-12-24-19(13-15)16-6-10-23-11-7-16/h1-7,10-13H,8-9,14H2,(H,25,26). The van der Waals surface area contributed by atoms with Crippen LogP contribution in [-0.2, 0) is 16.8 Å². The summed E-state index contributed by atoms with van der Waals surface area (Å²) in [6.45, 7) is 0.433. The van der Waals surface area contributed by atoms with Crippen LogP contribution in [0.2, 0.25) is 0 Å². The zero-order chi connectivity index (χ0) is 18.0. The number of carbonyl (C=O) groups excluding carboxylic acids is 1. The molecule has 0 radical (unpaired) electrons. The van der Waals surface area contributed by atoms with Crippen LogP contribution in [0.15, 0.2) is 67.1 Å². The number of nitrogens with zero attached hydrogens (tertiary/aromatic N) is 2. The van der Waals surface area contributed by atoms with Gasteiger partial charge in [0.2, 0.25) is 5.91 Å². The van der Waals surface area contributed by atoms with Crippen LogP contribution in [0.1, 0.15) is 24.0 Å². The van der Waals surface area contributed by atoms with E-state index in [9.17, 15) is 9.18 Å². The number of pyridine rings is 2. The smallest absolute Gasteiger partial charge is 0.230 e. The second-order valence-electron chi connectivity index (χ2n) is 6.56. The fraction of sp³-hybridized carbons (Fsp3) is 0.190. The number of benzene rings is 1. The molecule has 0 saturated heterocycles. The van der Waals surface area contributed by atoms with Crippen LogP contribution in [0.4, 0.5) is 4.39 Å². The molecule has 130 valence electrons. The summed E-state index contributed by atoms with van der Waals surface area (Å²) >= 11 is 0. The first kappa shape index (κ1) is 16.4. The van der Waals surface area contributed by atoms with Crippen LogP contribution in [0.25, 0.3) is 11.3 Å². The van der Waals surface area contributed by atoms with Crippen LogP contribution < -0.4 is 5.32 Å². The van der Waals surface area contributed by atoms with Gasteiger partial charge in [0.05, 0.1) is 11.1 Å². The van der Waals surface area contributed by atoms with Crippen LogP contribution >= 0.6 is 0 Å². The summed E-state index contributed by atoms with van der Waals surface area (Å²) in [6.07, 6.45) is 6.78. The summed E-state index contributed by atoms with van der Waals surface area (Å²) in [6, 6.07) is 13.9. The third-order valence-electron chi connectivity index (χ3n) is 4.83. The van der Waals surface area contributed by atoms with Crippen molar-refractivity contribution < 1.29 is 9.18 Å². The van der Waals surface area contributed by atoms with Gasteiger partial charge in [0.1, 0.15) is 5.82 Å². The third kappa shape index (κ3) is 3.20. The van der Waals surface area contributed by atoms with Gasteiger partial charge in [0, 0.05) is 30.7 Å². The molecule has 1 saturated carbocycles. The van der Waals surface area contributed by atoms with Crippen LogP contribution in [0, 0.1) is 5.82 Å². The number of halogens is 1. The zero-order valence-corrected chi connectivity index (χ0v) is 14.2. The van der Waals surface area contributed by atoms with E-state index in [0.717, 1.165) is 35.2 Å². The number of hydrogen-bond donors (Lipinski definition) is 1. The van der Waals surface area contributed by atoms with E-state index in [2.05, 4.69) is 15.3 Å². The first-order valence-electron chi connectivity index (χ1n) is 8.57. The minimum Gasteiger partial charge on any atom is -0.351 e. The molecule has 1 fully saturated rings. The highest BCUT2D eigenvalue weighted by Gasteiger charge is 2.51. The SMILES string of the molecule is O=C(NCc1ccnc(-c2ccncc2)c1)C1(c2ccc(F)cc2)CC1. The van der Waals surface area contributed by atoms with E-state index in [-0.39, 0.29) is 11.7 Å². The van der Waals surface area contributed by atoms with Gasteiger partial charge in [-0.05, 0) is 60.4 Å². The van der Waals surface area contributed by atoms with E-state index in [1.54, 1.807) is 30.7 Å². The lowest BCUT2D eigenvalue weighted by Gasteiger charge is -2.16. The molecule has 0 unspecified atom stereocenters. The van der Waals surface area contributed by atoms with Crippen LogP contribution in [-0.4, -0.2) is 15.9 Å². The number of carbonyl (C=O) groups is 1. The van der Waals surface area contributed by atoms with Crippen molar-refractivity contribution in [3.8, 4) is 11.3 Å². The van der Waals surface area contributed by atoms with Crippen molar-refractivity contribution in [1.82, 2.24) is 15.3 Å². The molecule has 26 heavy (non-hydrogen) atoms. The number of rotatable bonds is 5. The summed E-state index contributed by atoms with van der Waals surface area (Å²) in [4.78, 5) is 21.1. The van der Waals surface area contributed by atoms with Gasteiger partial charge in [0.25, 0.3) is 0 Å². The quantitative estimate of drug-likeness (QED) is 0.767. The summed E-state index contributed by atoms with van der Waals surface area (Å²) in [5.41, 5.74) is 3.19. The normalized spacial score (nSPS) is 14.7. The Hall–Kier alpha value is -3.08. The van der Waals surface area contributed by atoms with E-state index in [4.69, 9.17) is 0 Å². The molecular weight excluding hydrogens is 329 g/mol. The topological polar surface area (TPSA) is 54.9 Å². The molecule has 1 aliphatic rings. The van der Waals surface area contributed by atoms with Crippen molar-refractivity contribution in [2.24, 2.45) is 0 Å². The van der Waals surface area contributed by atoms with E-state index >= 15 is 0 Å². The predicted molar refractivity (Wildman–Crippen MR) is 96.6 cm³/mol. The highest BCUT2D eigenvalue weighted by Crippen LogP contribution is 2.48. The van der Waals surface area contributed by atoms with Crippen molar-refractivity contribution in [2.75, 3.05) is 0 Å². The molecule has 2 aromatic heterocycles. The Morgan fingerprint density at radius 1 is 1.04 bits per heavy atom. The Morgan fingerprint density at radius 3 is 2.46 bits per heavy atom. The lowest BCUT2D eigenvalue weighted by molar-refractivity contribution is -0.123. The maximum Gasteiger partial charge on any atom is 0.230 e. The first-order valence-corrected chi connectivity index (χ1v) is 8.57. The zero-order valence-electron chi connectivity index (χ0n) is 14.2. The summed E-state index contributed by atoms with van der Waals surface area (Å²) in [7, 11) is 0. The second kappa shape index (κ2) is 6.67. The van der Waals surface area contributed by atoms with Gasteiger partial charge < -0.3 is 5.32 Å². The molecule has 2 heterocycles. The lowest BCUT2D eigenvalue weighted by Crippen LogP contribution is -2.34. The number of aromatic nitrogens is 2. The number of nitrogens with one attached hydrogen (secondary N) is 1. The van der Waals surface area contributed by atoms with Crippen molar-refractivity contribution in [3.05, 3.63) is 84.1 Å². The molecule has 1 amide bonds. The van der Waals surface area contributed by atoms with Gasteiger partial charge in [-0.3, -0.25) is 14.8 Å². The Balaban J connectivity index is 1.46. The Labute approximate surface area is 151 Å². The maximum absolute atomic E-state index is 13.1. The Morgan fingerprint density at radius 2 is 1.77 bits per heavy atom. The van der Waals surface area contributed by atoms with Gasteiger partial charge in [-0.25, -0.2) is 4.39 Å². The molecule has 5 heteroatoms. The summed E-state index contributed by atoms with van der Waals surface area (Å²) in [5, 5.41) is 3.02. The van der Waals surface area contributed by atoms with Gasteiger partial charge in [0.15, 0.2) is 0 Å². The van der Waals surface area contributed by atoms with Crippen molar-refractivity contribution >= 4 is 5.91 Å². The summed E-state index contributed by atoms with van der Waals surface area (Å²) < 4.78 is 13.1. The van der Waals surface area contributed by atoms with E-state index < -0.39 is 5.41 Å². The highest BCUT2D eigenvalue weighted by molar-refractivity contribution is 5.91. The maximum atomic E-state index is 13.1. The number of hydrogen-bond acceptors (Lipinski definition) is 3. The molecule has 0 bridgehead atoms. The molecule has 3 aromatic rings. The molecule has 0 aliphatic heterocycles. The molecule has 4 rings (SSSR count). The molecule has 1 aliphatic carbocycles. The van der Waals surface area contributed by atoms with Gasteiger partial charge in [-0.15, -0.1) is 0 Å². The number of amides is 1. The molecular formula is C21H18FN3O. The van der Waals surface area contributed by atoms with Gasteiger partial charge >= 0.3 is 0 Å². The highest BCUT2D eigenvalue weighted by atomic mass is 19.1. The third-order valence-corrected chi connectivity index (χ3v) is 4.83. The average molecular weight is 347 g/mol. The molecule has 0 spiro atoms.